The van der Waals surface area contributed by atoms with Crippen LogP contribution in [0.3, 0.4) is 0 Å². The summed E-state index contributed by atoms with van der Waals surface area (Å²) in [5, 5.41) is 2.87. The van der Waals surface area contributed by atoms with E-state index >= 15 is 0 Å². The van der Waals surface area contributed by atoms with E-state index in [9.17, 15) is 4.79 Å². The molecule has 0 aliphatic rings. The van der Waals surface area contributed by atoms with Gasteiger partial charge in [-0.1, -0.05) is 49.4 Å². The fourth-order valence-electron chi connectivity index (χ4n) is 2.90. The van der Waals surface area contributed by atoms with E-state index in [0.717, 1.165) is 29.7 Å². The molecule has 0 saturated carbocycles. The zero-order valence-corrected chi connectivity index (χ0v) is 18.8. The summed E-state index contributed by atoms with van der Waals surface area (Å²) in [6.07, 6.45) is 1.26. The highest BCUT2D eigenvalue weighted by Crippen LogP contribution is 2.16. The first-order valence-corrected chi connectivity index (χ1v) is 10.6. The van der Waals surface area contributed by atoms with Crippen molar-refractivity contribution in [2.24, 2.45) is 0 Å². The molecule has 1 amide bonds. The lowest BCUT2D eigenvalue weighted by molar-refractivity contribution is 0.00749. The number of rotatable bonds is 10. The second-order valence-electron chi connectivity index (χ2n) is 8.53. The predicted molar refractivity (Wildman–Crippen MR) is 120 cm³/mol. The molecule has 0 aliphatic heterocycles. The Morgan fingerprint density at radius 2 is 1.67 bits per heavy atom. The average molecular weight is 414 g/mol. The minimum atomic E-state index is -0.496. The van der Waals surface area contributed by atoms with Gasteiger partial charge in [0.2, 0.25) is 0 Å². The van der Waals surface area contributed by atoms with Gasteiger partial charge < -0.3 is 19.5 Å². The van der Waals surface area contributed by atoms with Gasteiger partial charge in [0.25, 0.3) is 0 Å². The zero-order chi connectivity index (χ0) is 22.0. The monoisotopic (exact) mass is 413 g/mol. The molecule has 0 fully saturated rings. The van der Waals surface area contributed by atoms with Gasteiger partial charge in [-0.15, -0.1) is 0 Å². The Morgan fingerprint density at radius 3 is 2.27 bits per heavy atom. The Kier molecular flexibility index (Phi) is 9.18. The molecule has 2 rings (SSSR count). The summed E-state index contributed by atoms with van der Waals surface area (Å²) in [6, 6.07) is 18.1. The molecule has 0 bridgehead atoms. The fourth-order valence-corrected chi connectivity index (χ4v) is 2.90. The van der Waals surface area contributed by atoms with Crippen molar-refractivity contribution in [3.63, 3.8) is 0 Å². The van der Waals surface area contributed by atoms with Crippen molar-refractivity contribution in [2.75, 3.05) is 6.61 Å². The van der Waals surface area contributed by atoms with E-state index in [1.165, 1.54) is 0 Å². The lowest BCUT2D eigenvalue weighted by Crippen LogP contribution is -2.38. The minimum Gasteiger partial charge on any atom is -0.491 e. The van der Waals surface area contributed by atoms with Crippen LogP contribution < -0.4 is 10.1 Å². The van der Waals surface area contributed by atoms with Crippen molar-refractivity contribution in [3.8, 4) is 5.75 Å². The molecule has 0 aromatic heterocycles. The van der Waals surface area contributed by atoms with E-state index in [2.05, 4.69) is 24.4 Å². The van der Waals surface area contributed by atoms with Crippen LogP contribution in [0.4, 0.5) is 4.79 Å². The van der Waals surface area contributed by atoms with Crippen molar-refractivity contribution < 1.29 is 19.0 Å². The number of ether oxygens (including phenoxy) is 3. The Morgan fingerprint density at radius 1 is 1.00 bits per heavy atom. The maximum atomic E-state index is 11.9. The highest BCUT2D eigenvalue weighted by atomic mass is 16.6. The van der Waals surface area contributed by atoms with E-state index in [-0.39, 0.29) is 12.1 Å². The molecule has 0 saturated heterocycles. The maximum absolute atomic E-state index is 11.9. The van der Waals surface area contributed by atoms with Gasteiger partial charge in [0.15, 0.2) is 0 Å². The average Bonchev–Trinajstić information content (AvgIpc) is 2.68. The molecule has 5 heteroatoms. The second-order valence-corrected chi connectivity index (χ2v) is 8.53. The molecule has 164 valence electrons. The van der Waals surface area contributed by atoms with E-state index in [4.69, 9.17) is 14.2 Å². The number of alkyl carbamates (subject to hydrolysis) is 1. The Hall–Kier alpha value is -2.53. The standard InChI is InChI=1S/C25H35NO4/c1-6-22(28-17-21-10-8-7-9-11-21)18-29-23-14-12-20(13-15-23)16-19(2)26-24(27)30-25(3,4)5/h7-15,19,22H,6,16-18H2,1-5H3,(H,26,27)/t19-,22-/m1/s1. The third kappa shape index (κ3) is 9.31. The van der Waals surface area contributed by atoms with Gasteiger partial charge in [0.1, 0.15) is 18.0 Å². The van der Waals surface area contributed by atoms with Gasteiger partial charge in [0, 0.05) is 6.04 Å². The van der Waals surface area contributed by atoms with Crippen LogP contribution in [0.1, 0.15) is 52.2 Å². The van der Waals surface area contributed by atoms with Crippen LogP contribution in [0.2, 0.25) is 0 Å². The molecule has 5 nitrogen and oxygen atoms in total. The summed E-state index contributed by atoms with van der Waals surface area (Å²) in [5.74, 6) is 0.813. The van der Waals surface area contributed by atoms with Crippen LogP contribution in [-0.4, -0.2) is 30.4 Å². The van der Waals surface area contributed by atoms with Crippen LogP contribution >= 0.6 is 0 Å². The van der Waals surface area contributed by atoms with E-state index in [0.29, 0.717) is 13.2 Å². The van der Waals surface area contributed by atoms with Crippen LogP contribution in [0.25, 0.3) is 0 Å². The van der Waals surface area contributed by atoms with Gasteiger partial charge in [-0.05, 0) is 63.8 Å². The molecule has 1 N–H and O–H groups in total. The third-order valence-electron chi connectivity index (χ3n) is 4.45. The molecule has 0 radical (unpaired) electrons. The number of hydrogen-bond donors (Lipinski definition) is 1. The van der Waals surface area contributed by atoms with Gasteiger partial charge in [0.05, 0.1) is 12.7 Å². The summed E-state index contributed by atoms with van der Waals surface area (Å²) >= 11 is 0. The van der Waals surface area contributed by atoms with E-state index in [1.54, 1.807) is 0 Å². The smallest absolute Gasteiger partial charge is 0.407 e. The molecule has 2 atom stereocenters. The van der Waals surface area contributed by atoms with Gasteiger partial charge in [-0.3, -0.25) is 0 Å². The van der Waals surface area contributed by atoms with Gasteiger partial charge in [-0.25, -0.2) is 4.79 Å². The molecule has 0 spiro atoms. The Balaban J connectivity index is 1.75. The van der Waals surface area contributed by atoms with Crippen molar-refractivity contribution in [1.29, 1.82) is 0 Å². The number of benzene rings is 2. The summed E-state index contributed by atoms with van der Waals surface area (Å²) in [4.78, 5) is 11.9. The first-order valence-electron chi connectivity index (χ1n) is 10.6. The van der Waals surface area contributed by atoms with Crippen LogP contribution in [0, 0.1) is 0 Å². The van der Waals surface area contributed by atoms with Crippen LogP contribution in [0.15, 0.2) is 54.6 Å². The first kappa shape index (κ1) is 23.7. The van der Waals surface area contributed by atoms with Crippen molar-refractivity contribution in [2.45, 2.75) is 71.8 Å². The highest BCUT2D eigenvalue weighted by Gasteiger charge is 2.17. The normalized spacial score (nSPS) is 13.4. The van der Waals surface area contributed by atoms with Crippen molar-refractivity contribution >= 4 is 6.09 Å². The molecular formula is C25H35NO4. The summed E-state index contributed by atoms with van der Waals surface area (Å²) in [6.45, 7) is 10.7. The second kappa shape index (κ2) is 11.6. The first-order chi connectivity index (χ1) is 14.2. The third-order valence-corrected chi connectivity index (χ3v) is 4.45. The maximum Gasteiger partial charge on any atom is 0.407 e. The van der Waals surface area contributed by atoms with Crippen LogP contribution in [-0.2, 0) is 22.5 Å². The zero-order valence-electron chi connectivity index (χ0n) is 18.8. The fraction of sp³-hybridized carbons (Fsp3) is 0.480. The Bertz CT molecular complexity index is 753. The molecule has 30 heavy (non-hydrogen) atoms. The summed E-state index contributed by atoms with van der Waals surface area (Å²) in [7, 11) is 0. The molecule has 0 unspecified atom stereocenters. The quantitative estimate of drug-likeness (QED) is 0.557. The molecular weight excluding hydrogens is 378 g/mol. The number of amides is 1. The Labute approximate surface area is 180 Å². The minimum absolute atomic E-state index is 0.0255. The number of carbonyl (C=O) groups is 1. The molecule has 2 aromatic carbocycles. The van der Waals surface area contributed by atoms with Gasteiger partial charge >= 0.3 is 6.09 Å². The van der Waals surface area contributed by atoms with E-state index < -0.39 is 11.7 Å². The lowest BCUT2D eigenvalue weighted by Gasteiger charge is -2.22. The van der Waals surface area contributed by atoms with Crippen molar-refractivity contribution in [3.05, 3.63) is 65.7 Å². The largest absolute Gasteiger partial charge is 0.491 e. The SMILES string of the molecule is CC[C@H](COc1ccc(C[C@@H](C)NC(=O)OC(C)(C)C)cc1)OCc1ccccc1. The predicted octanol–water partition coefficient (Wildman–Crippen LogP) is 5.52. The summed E-state index contributed by atoms with van der Waals surface area (Å²) < 4.78 is 17.2. The number of carbonyl (C=O) groups excluding carboxylic acids is 1. The van der Waals surface area contributed by atoms with Crippen molar-refractivity contribution in [1.82, 2.24) is 5.32 Å². The summed E-state index contributed by atoms with van der Waals surface area (Å²) in [5.41, 5.74) is 1.79. The van der Waals surface area contributed by atoms with Crippen LogP contribution in [0.5, 0.6) is 5.75 Å². The van der Waals surface area contributed by atoms with Gasteiger partial charge in [-0.2, -0.15) is 0 Å². The molecule has 0 heterocycles. The van der Waals surface area contributed by atoms with E-state index in [1.807, 2.05) is 70.2 Å². The highest BCUT2D eigenvalue weighted by molar-refractivity contribution is 5.68. The molecule has 0 aliphatic carbocycles. The number of hydrogen-bond acceptors (Lipinski definition) is 4. The topological polar surface area (TPSA) is 56.8 Å². The lowest BCUT2D eigenvalue weighted by atomic mass is 10.1. The number of nitrogens with one attached hydrogen (secondary N) is 1. The molecule has 2 aromatic rings.